The van der Waals surface area contributed by atoms with Crippen LogP contribution in [0.25, 0.3) is 0 Å². The molecule has 3 heteroatoms. The highest BCUT2D eigenvalue weighted by molar-refractivity contribution is 4.98. The van der Waals surface area contributed by atoms with Gasteiger partial charge in [0.1, 0.15) is 12.4 Å². The van der Waals surface area contributed by atoms with Crippen LogP contribution in [0.4, 0.5) is 0 Å². The van der Waals surface area contributed by atoms with Gasteiger partial charge >= 0.3 is 0 Å². The summed E-state index contributed by atoms with van der Waals surface area (Å²) in [7, 11) is 0. The van der Waals surface area contributed by atoms with E-state index in [1.54, 1.807) is 0 Å². The molecular formula is C15H29N2O+. The lowest BCUT2D eigenvalue weighted by Crippen LogP contribution is -2.47. The van der Waals surface area contributed by atoms with Gasteiger partial charge in [-0.25, -0.2) is 9.13 Å². The monoisotopic (exact) mass is 253 g/mol. The Hall–Kier alpha value is -0.830. The number of nitrogens with zero attached hydrogens (tertiary/aromatic N) is 2. The average Bonchev–Trinajstić information content (AvgIpc) is 2.59. The maximum absolute atomic E-state index is 6.12. The summed E-state index contributed by atoms with van der Waals surface area (Å²) in [4.78, 5) is 0. The lowest BCUT2D eigenvalue weighted by Gasteiger charge is -2.27. The van der Waals surface area contributed by atoms with Gasteiger partial charge < -0.3 is 4.74 Å². The number of hydrogen-bond acceptors (Lipinski definition) is 1. The minimum atomic E-state index is -0.286. The first-order valence-electron chi connectivity index (χ1n) is 6.97. The van der Waals surface area contributed by atoms with Crippen LogP contribution < -0.4 is 4.57 Å². The van der Waals surface area contributed by atoms with Crippen LogP contribution in [0.5, 0.6) is 0 Å². The number of rotatable bonds is 5. The van der Waals surface area contributed by atoms with E-state index in [1.807, 2.05) is 0 Å². The molecule has 0 unspecified atom stereocenters. The number of aromatic nitrogens is 2. The minimum absolute atomic E-state index is 0.219. The van der Waals surface area contributed by atoms with Crippen LogP contribution in [0.15, 0.2) is 12.4 Å². The summed E-state index contributed by atoms with van der Waals surface area (Å²) in [6.45, 7) is 17.3. The quantitative estimate of drug-likeness (QED) is 0.733. The Balaban J connectivity index is 3.30. The van der Waals surface area contributed by atoms with Crippen molar-refractivity contribution >= 4 is 0 Å². The molecule has 0 aliphatic carbocycles. The van der Waals surface area contributed by atoms with Gasteiger partial charge in [0, 0.05) is 0 Å². The summed E-state index contributed by atoms with van der Waals surface area (Å²) in [6.07, 6.45) is 4.53. The van der Waals surface area contributed by atoms with E-state index in [1.165, 1.54) is 5.82 Å². The largest absolute Gasteiger partial charge is 0.360 e. The molecule has 0 aliphatic heterocycles. The molecular weight excluding hydrogens is 224 g/mol. The molecule has 0 spiro atoms. The van der Waals surface area contributed by atoms with E-state index in [0.29, 0.717) is 12.1 Å². The van der Waals surface area contributed by atoms with Crippen molar-refractivity contribution < 1.29 is 9.30 Å². The molecule has 0 saturated heterocycles. The van der Waals surface area contributed by atoms with Crippen molar-refractivity contribution in [1.29, 1.82) is 0 Å². The summed E-state index contributed by atoms with van der Waals surface area (Å²) in [5.41, 5.74) is -0.286. The summed E-state index contributed by atoms with van der Waals surface area (Å²) in [5, 5.41) is 0. The second-order valence-electron chi connectivity index (χ2n) is 6.30. The molecule has 1 aromatic rings. The predicted octanol–water partition coefficient (Wildman–Crippen LogP) is 3.60. The highest BCUT2D eigenvalue weighted by atomic mass is 16.5. The molecule has 1 rings (SSSR count). The van der Waals surface area contributed by atoms with E-state index < -0.39 is 0 Å². The fourth-order valence-corrected chi connectivity index (χ4v) is 2.52. The molecule has 1 heterocycles. The van der Waals surface area contributed by atoms with E-state index in [9.17, 15) is 0 Å². The maximum atomic E-state index is 6.12. The first-order chi connectivity index (χ1) is 8.16. The van der Waals surface area contributed by atoms with Gasteiger partial charge in [-0.3, -0.25) is 0 Å². The Morgan fingerprint density at radius 3 is 2.06 bits per heavy atom. The second-order valence-corrected chi connectivity index (χ2v) is 6.30. The van der Waals surface area contributed by atoms with E-state index in [2.05, 4.69) is 76.9 Å². The molecule has 0 radical (unpaired) electrons. The number of ether oxygens (including phenoxy) is 1. The van der Waals surface area contributed by atoms with Crippen molar-refractivity contribution in [3.05, 3.63) is 18.2 Å². The van der Waals surface area contributed by atoms with Crippen LogP contribution in [0.1, 0.15) is 73.3 Å². The summed E-state index contributed by atoms with van der Waals surface area (Å²) in [5.74, 6) is 1.24. The first kappa shape index (κ1) is 15.2. The van der Waals surface area contributed by atoms with E-state index in [-0.39, 0.29) is 11.7 Å². The van der Waals surface area contributed by atoms with Gasteiger partial charge in [0.2, 0.25) is 0 Å². The molecule has 0 aliphatic rings. The summed E-state index contributed by atoms with van der Waals surface area (Å²) < 4.78 is 10.7. The van der Waals surface area contributed by atoms with Crippen LogP contribution in [0.3, 0.4) is 0 Å². The summed E-state index contributed by atoms with van der Waals surface area (Å²) in [6, 6.07) is 0.880. The lowest BCUT2D eigenvalue weighted by atomic mass is 10.1. The highest BCUT2D eigenvalue weighted by Gasteiger charge is 2.37. The van der Waals surface area contributed by atoms with E-state index in [0.717, 1.165) is 0 Å². The van der Waals surface area contributed by atoms with Crippen LogP contribution in [0, 0.1) is 0 Å². The van der Waals surface area contributed by atoms with Crippen molar-refractivity contribution in [2.75, 3.05) is 0 Å². The average molecular weight is 253 g/mol. The van der Waals surface area contributed by atoms with Crippen molar-refractivity contribution in [3.63, 3.8) is 0 Å². The van der Waals surface area contributed by atoms with Crippen molar-refractivity contribution in [2.24, 2.45) is 0 Å². The highest BCUT2D eigenvalue weighted by Crippen LogP contribution is 2.26. The fourth-order valence-electron chi connectivity index (χ4n) is 2.52. The standard InChI is InChI=1S/C15H29N2O/c1-11(2)16-9-10-17(12(3)4)14(16)15(7,8)18-13(5)6/h9-13H,1-8H3/q+1. The maximum Gasteiger partial charge on any atom is 0.289 e. The van der Waals surface area contributed by atoms with Gasteiger partial charge in [-0.2, -0.15) is 0 Å². The zero-order valence-electron chi connectivity index (χ0n) is 13.2. The fraction of sp³-hybridized carbons (Fsp3) is 0.800. The SMILES string of the molecule is CC(C)OC(C)(C)c1n(C(C)C)cc[n+]1C(C)C. The first-order valence-corrected chi connectivity index (χ1v) is 6.97. The lowest BCUT2D eigenvalue weighted by molar-refractivity contribution is -0.729. The Bertz CT molecular complexity index is 364. The van der Waals surface area contributed by atoms with E-state index >= 15 is 0 Å². The Morgan fingerprint density at radius 1 is 1.11 bits per heavy atom. The van der Waals surface area contributed by atoms with E-state index in [4.69, 9.17) is 4.74 Å². The minimum Gasteiger partial charge on any atom is -0.360 e. The molecule has 0 fully saturated rings. The van der Waals surface area contributed by atoms with Crippen LogP contribution in [-0.2, 0) is 10.3 Å². The van der Waals surface area contributed by atoms with Crippen molar-refractivity contribution in [3.8, 4) is 0 Å². The van der Waals surface area contributed by atoms with Gasteiger partial charge in [0.15, 0.2) is 5.60 Å². The Kier molecular flexibility index (Phi) is 4.60. The van der Waals surface area contributed by atoms with Gasteiger partial charge in [-0.15, -0.1) is 0 Å². The Labute approximate surface area is 112 Å². The van der Waals surface area contributed by atoms with Gasteiger partial charge in [-0.1, -0.05) is 0 Å². The predicted molar refractivity (Wildman–Crippen MR) is 74.6 cm³/mol. The normalized spacial score (nSPS) is 13.1. The topological polar surface area (TPSA) is 18.0 Å². The third kappa shape index (κ3) is 3.14. The molecule has 0 atom stereocenters. The summed E-state index contributed by atoms with van der Waals surface area (Å²) >= 11 is 0. The van der Waals surface area contributed by atoms with Crippen LogP contribution in [-0.4, -0.2) is 10.7 Å². The molecule has 0 aromatic carbocycles. The third-order valence-electron chi connectivity index (χ3n) is 3.06. The van der Waals surface area contributed by atoms with Gasteiger partial charge in [0.25, 0.3) is 5.82 Å². The number of hydrogen-bond donors (Lipinski definition) is 0. The van der Waals surface area contributed by atoms with Crippen molar-refractivity contribution in [1.82, 2.24) is 4.57 Å². The molecule has 1 aromatic heterocycles. The smallest absolute Gasteiger partial charge is 0.289 e. The molecule has 104 valence electrons. The van der Waals surface area contributed by atoms with Crippen LogP contribution >= 0.6 is 0 Å². The zero-order chi connectivity index (χ0) is 14.1. The molecule has 0 N–H and O–H groups in total. The molecule has 3 nitrogen and oxygen atoms in total. The molecule has 0 amide bonds. The molecule has 18 heavy (non-hydrogen) atoms. The van der Waals surface area contributed by atoms with Gasteiger partial charge in [-0.05, 0) is 55.4 Å². The second kappa shape index (κ2) is 5.43. The van der Waals surface area contributed by atoms with Crippen molar-refractivity contribution in [2.45, 2.75) is 79.2 Å². The van der Waals surface area contributed by atoms with Gasteiger partial charge in [0.05, 0.1) is 18.2 Å². The molecule has 0 bridgehead atoms. The Morgan fingerprint density at radius 2 is 1.67 bits per heavy atom. The zero-order valence-corrected chi connectivity index (χ0v) is 13.2. The number of imidazole rings is 1. The molecule has 0 saturated carbocycles. The van der Waals surface area contributed by atoms with Crippen LogP contribution in [0.2, 0.25) is 0 Å². The third-order valence-corrected chi connectivity index (χ3v) is 3.06.